The monoisotopic (exact) mass is 522 g/mol. The first-order valence-corrected chi connectivity index (χ1v) is 14.6. The van der Waals surface area contributed by atoms with Crippen LogP contribution in [0.1, 0.15) is 76.3 Å². The zero-order chi connectivity index (χ0) is 27.1. The first-order valence-electron chi connectivity index (χ1n) is 14.6. The summed E-state index contributed by atoms with van der Waals surface area (Å²) in [5.41, 5.74) is 2.73. The summed E-state index contributed by atoms with van der Waals surface area (Å²) in [6, 6.07) is 32.3. The van der Waals surface area contributed by atoms with Crippen molar-refractivity contribution in [3.8, 4) is 34.5 Å². The van der Waals surface area contributed by atoms with Crippen molar-refractivity contribution in [3.05, 3.63) is 108 Å². The van der Waals surface area contributed by atoms with Crippen LogP contribution in [0.2, 0.25) is 0 Å². The van der Waals surface area contributed by atoms with E-state index >= 15 is 0 Å². The van der Waals surface area contributed by atoms with Gasteiger partial charge in [0.2, 0.25) is 0 Å². The van der Waals surface area contributed by atoms with Crippen molar-refractivity contribution in [2.45, 2.75) is 78.1 Å². The van der Waals surface area contributed by atoms with Crippen LogP contribution >= 0.6 is 0 Å². The molecule has 204 valence electrons. The maximum atomic E-state index is 6.02. The van der Waals surface area contributed by atoms with Crippen LogP contribution in [0.5, 0.6) is 34.5 Å². The second kappa shape index (κ2) is 15.6. The van der Waals surface area contributed by atoms with Crippen LogP contribution in [0.25, 0.3) is 0 Å². The van der Waals surface area contributed by atoms with E-state index in [-0.39, 0.29) is 0 Å². The molecule has 0 unspecified atom stereocenters. The second-order valence-electron chi connectivity index (χ2n) is 10.2. The summed E-state index contributed by atoms with van der Waals surface area (Å²) in [6.45, 7) is 4.49. The minimum Gasteiger partial charge on any atom is -0.457 e. The fraction of sp³-hybridized carbons (Fsp3) is 0.333. The standard InChI is InChI=1S/C36H42O3/c1-3-5-7-9-11-29-13-17-31(18-14-29)37-33-21-25-35(26-22-33)39-36-27-23-34(24-28-36)38-32-19-15-30(16-20-32)12-10-8-6-4-2/h13-28H,3-12H2,1-2H3. The number of rotatable bonds is 16. The van der Waals surface area contributed by atoms with Crippen molar-refractivity contribution >= 4 is 0 Å². The van der Waals surface area contributed by atoms with Gasteiger partial charge in [-0.1, -0.05) is 76.6 Å². The Balaban J connectivity index is 1.22. The third-order valence-corrected chi connectivity index (χ3v) is 6.84. The van der Waals surface area contributed by atoms with Crippen molar-refractivity contribution in [2.24, 2.45) is 0 Å². The highest BCUT2D eigenvalue weighted by Gasteiger charge is 2.04. The van der Waals surface area contributed by atoms with Gasteiger partial charge in [-0.15, -0.1) is 0 Å². The molecule has 0 aliphatic rings. The van der Waals surface area contributed by atoms with Crippen LogP contribution in [0.4, 0.5) is 0 Å². The molecule has 0 aliphatic carbocycles. The molecule has 0 fully saturated rings. The summed E-state index contributed by atoms with van der Waals surface area (Å²) in [5.74, 6) is 4.78. The van der Waals surface area contributed by atoms with Gasteiger partial charge < -0.3 is 14.2 Å². The van der Waals surface area contributed by atoms with Crippen LogP contribution in [0, 0.1) is 0 Å². The Hall–Kier alpha value is -3.72. The highest BCUT2D eigenvalue weighted by molar-refractivity contribution is 5.41. The molecule has 0 aliphatic heterocycles. The largest absolute Gasteiger partial charge is 0.457 e. The average molecular weight is 523 g/mol. The van der Waals surface area contributed by atoms with Crippen molar-refractivity contribution < 1.29 is 14.2 Å². The molecule has 0 N–H and O–H groups in total. The van der Waals surface area contributed by atoms with Gasteiger partial charge in [-0.2, -0.15) is 0 Å². The molecule has 3 nitrogen and oxygen atoms in total. The molecule has 0 heterocycles. The summed E-state index contributed by atoms with van der Waals surface area (Å²) in [5, 5.41) is 0. The number of hydrogen-bond donors (Lipinski definition) is 0. The van der Waals surface area contributed by atoms with E-state index in [1.54, 1.807) is 0 Å². The summed E-state index contributed by atoms with van der Waals surface area (Å²) in [4.78, 5) is 0. The Kier molecular flexibility index (Phi) is 11.3. The minimum atomic E-state index is 0.757. The third kappa shape index (κ3) is 9.83. The van der Waals surface area contributed by atoms with Crippen molar-refractivity contribution in [1.29, 1.82) is 0 Å². The molecule has 0 radical (unpaired) electrons. The quantitative estimate of drug-likeness (QED) is 0.137. The number of aryl methyl sites for hydroxylation is 2. The summed E-state index contributed by atoms with van der Waals surface area (Å²) >= 11 is 0. The van der Waals surface area contributed by atoms with Gasteiger partial charge in [0.1, 0.15) is 34.5 Å². The molecule has 0 saturated carbocycles. The van der Waals surface area contributed by atoms with Gasteiger partial charge in [0, 0.05) is 0 Å². The fourth-order valence-electron chi connectivity index (χ4n) is 4.52. The maximum absolute atomic E-state index is 6.02. The molecule has 0 amide bonds. The van der Waals surface area contributed by atoms with Gasteiger partial charge in [0.15, 0.2) is 0 Å². The molecule has 3 heteroatoms. The molecule has 4 aromatic rings. The molecule has 39 heavy (non-hydrogen) atoms. The molecule has 0 aromatic heterocycles. The SMILES string of the molecule is CCCCCCc1ccc(Oc2ccc(Oc3ccc(Oc4ccc(CCCCCC)cc4)cc3)cc2)cc1. The third-order valence-electron chi connectivity index (χ3n) is 6.84. The van der Waals surface area contributed by atoms with E-state index in [0.29, 0.717) is 0 Å². The number of hydrogen-bond acceptors (Lipinski definition) is 3. The van der Waals surface area contributed by atoms with Crippen molar-refractivity contribution in [2.75, 3.05) is 0 Å². The Morgan fingerprint density at radius 1 is 0.333 bits per heavy atom. The van der Waals surface area contributed by atoms with Crippen LogP contribution < -0.4 is 14.2 Å². The molecule has 0 bridgehead atoms. The molecule has 0 saturated heterocycles. The Morgan fingerprint density at radius 3 is 0.846 bits per heavy atom. The van der Waals surface area contributed by atoms with Gasteiger partial charge in [-0.25, -0.2) is 0 Å². The Labute approximate surface area is 234 Å². The van der Waals surface area contributed by atoms with Crippen molar-refractivity contribution in [3.63, 3.8) is 0 Å². The first kappa shape index (κ1) is 28.3. The predicted octanol–water partition coefficient (Wildman–Crippen LogP) is 11.3. The predicted molar refractivity (Wildman–Crippen MR) is 162 cm³/mol. The normalized spacial score (nSPS) is 10.8. The summed E-state index contributed by atoms with van der Waals surface area (Å²) in [6.07, 6.45) is 12.5. The molecule has 4 rings (SSSR count). The number of unbranched alkanes of at least 4 members (excludes halogenated alkanes) is 6. The van der Waals surface area contributed by atoms with Crippen LogP contribution in [0.15, 0.2) is 97.1 Å². The summed E-state index contributed by atoms with van der Waals surface area (Å²) < 4.78 is 18.1. The average Bonchev–Trinajstić information content (AvgIpc) is 2.97. The lowest BCUT2D eigenvalue weighted by atomic mass is 10.1. The van der Waals surface area contributed by atoms with E-state index < -0.39 is 0 Å². The molecule has 0 atom stereocenters. The van der Waals surface area contributed by atoms with Crippen LogP contribution in [0.3, 0.4) is 0 Å². The van der Waals surface area contributed by atoms with E-state index in [4.69, 9.17) is 14.2 Å². The zero-order valence-corrected chi connectivity index (χ0v) is 23.5. The van der Waals surface area contributed by atoms with E-state index in [2.05, 4.69) is 38.1 Å². The van der Waals surface area contributed by atoms with E-state index in [1.807, 2.05) is 72.8 Å². The topological polar surface area (TPSA) is 27.7 Å². The molecular weight excluding hydrogens is 480 g/mol. The lowest BCUT2D eigenvalue weighted by Gasteiger charge is -2.10. The van der Waals surface area contributed by atoms with Gasteiger partial charge in [-0.3, -0.25) is 0 Å². The minimum absolute atomic E-state index is 0.757. The van der Waals surface area contributed by atoms with Crippen molar-refractivity contribution in [1.82, 2.24) is 0 Å². The van der Waals surface area contributed by atoms with Gasteiger partial charge in [0.25, 0.3) is 0 Å². The van der Waals surface area contributed by atoms with Gasteiger partial charge in [-0.05, 0) is 110 Å². The maximum Gasteiger partial charge on any atom is 0.127 e. The molecular formula is C36H42O3. The highest BCUT2D eigenvalue weighted by Crippen LogP contribution is 2.29. The zero-order valence-electron chi connectivity index (χ0n) is 23.5. The molecule has 0 spiro atoms. The lowest BCUT2D eigenvalue weighted by molar-refractivity contribution is 0.464. The Bertz CT molecular complexity index is 1110. The van der Waals surface area contributed by atoms with E-state index in [0.717, 1.165) is 47.3 Å². The first-order chi connectivity index (χ1) is 19.2. The van der Waals surface area contributed by atoms with Crippen LogP contribution in [-0.4, -0.2) is 0 Å². The number of ether oxygens (including phenoxy) is 3. The van der Waals surface area contributed by atoms with Gasteiger partial charge >= 0.3 is 0 Å². The van der Waals surface area contributed by atoms with E-state index in [1.165, 1.54) is 62.5 Å². The smallest absolute Gasteiger partial charge is 0.127 e. The van der Waals surface area contributed by atoms with E-state index in [9.17, 15) is 0 Å². The Morgan fingerprint density at radius 2 is 0.590 bits per heavy atom. The lowest BCUT2D eigenvalue weighted by Crippen LogP contribution is -1.89. The summed E-state index contributed by atoms with van der Waals surface area (Å²) in [7, 11) is 0. The fourth-order valence-corrected chi connectivity index (χ4v) is 4.52. The number of benzene rings is 4. The highest BCUT2D eigenvalue weighted by atomic mass is 16.5. The second-order valence-corrected chi connectivity index (χ2v) is 10.2. The molecule has 4 aromatic carbocycles. The van der Waals surface area contributed by atoms with Crippen LogP contribution in [-0.2, 0) is 12.8 Å². The van der Waals surface area contributed by atoms with Gasteiger partial charge in [0.05, 0.1) is 0 Å².